The van der Waals surface area contributed by atoms with Crippen LogP contribution in [0.3, 0.4) is 0 Å². The van der Waals surface area contributed by atoms with Crippen LogP contribution in [0.5, 0.6) is 23.0 Å². The highest BCUT2D eigenvalue weighted by Crippen LogP contribution is 2.41. The molecule has 1 aliphatic heterocycles. The normalized spacial score (nSPS) is 17.1. The maximum Gasteiger partial charge on any atom is 0.190 e. The van der Waals surface area contributed by atoms with E-state index in [1.807, 2.05) is 61.5 Å². The molecule has 1 heterocycles. The third-order valence-electron chi connectivity index (χ3n) is 7.06. The molecule has 40 heavy (non-hydrogen) atoms. The van der Waals surface area contributed by atoms with Gasteiger partial charge in [0, 0.05) is 20.2 Å². The third-order valence-corrected chi connectivity index (χ3v) is 8.23. The number of carbonyl (C=O) groups is 2. The van der Waals surface area contributed by atoms with E-state index < -0.39 is 5.25 Å². The van der Waals surface area contributed by atoms with Gasteiger partial charge in [-0.15, -0.1) is 0 Å². The van der Waals surface area contributed by atoms with Crippen LogP contribution in [-0.2, 0) is 22.4 Å². The molecule has 2 unspecified atom stereocenters. The lowest BCUT2D eigenvalue weighted by Crippen LogP contribution is -2.28. The Hall–Kier alpha value is -3.25. The monoisotopic (exact) mass is 562 g/mol. The van der Waals surface area contributed by atoms with Crippen LogP contribution in [0, 0.1) is 5.92 Å². The first kappa shape index (κ1) is 29.7. The lowest BCUT2D eigenvalue weighted by molar-refractivity contribution is -0.126. The van der Waals surface area contributed by atoms with Gasteiger partial charge in [-0.25, -0.2) is 0 Å². The van der Waals surface area contributed by atoms with E-state index in [1.165, 1.54) is 11.8 Å². The molecule has 0 aliphatic carbocycles. The highest BCUT2D eigenvalue weighted by molar-refractivity contribution is 8.14. The first-order valence-corrected chi connectivity index (χ1v) is 15.4. The predicted octanol–water partition coefficient (Wildman–Crippen LogP) is 8.78. The molecule has 0 radical (unpaired) electrons. The van der Waals surface area contributed by atoms with Crippen molar-refractivity contribution in [1.29, 1.82) is 0 Å². The molecule has 5 nitrogen and oxygen atoms in total. The lowest BCUT2D eigenvalue weighted by Gasteiger charge is -2.26. The van der Waals surface area contributed by atoms with Gasteiger partial charge in [0.1, 0.15) is 23.0 Å². The van der Waals surface area contributed by atoms with Gasteiger partial charge in [0.05, 0.1) is 18.5 Å². The van der Waals surface area contributed by atoms with E-state index in [4.69, 9.17) is 14.2 Å². The summed E-state index contributed by atoms with van der Waals surface area (Å²) in [5, 5.41) is -0.305. The summed E-state index contributed by atoms with van der Waals surface area (Å²) >= 11 is 1.17. The van der Waals surface area contributed by atoms with Gasteiger partial charge in [0.15, 0.2) is 10.9 Å². The SMILES string of the molecule is CCCc1cc(Oc2ccccc2)ccc1OCCCOc1ccc(C2SC(=O)CC(CC)C2=O)cc1CCC.[HH]. The van der Waals surface area contributed by atoms with E-state index in [1.54, 1.807) is 0 Å². The fourth-order valence-electron chi connectivity index (χ4n) is 4.97. The maximum absolute atomic E-state index is 13.0. The summed E-state index contributed by atoms with van der Waals surface area (Å²) in [7, 11) is 0. The fraction of sp³-hybridized carbons (Fsp3) is 0.412. The molecule has 6 heteroatoms. The fourth-order valence-corrected chi connectivity index (χ4v) is 6.12. The topological polar surface area (TPSA) is 61.8 Å². The molecule has 0 N–H and O–H groups in total. The van der Waals surface area contributed by atoms with Crippen molar-refractivity contribution in [3.63, 3.8) is 0 Å². The number of ether oxygens (including phenoxy) is 3. The van der Waals surface area contributed by atoms with Gasteiger partial charge in [0.25, 0.3) is 0 Å². The van der Waals surface area contributed by atoms with Gasteiger partial charge in [0.2, 0.25) is 0 Å². The van der Waals surface area contributed by atoms with E-state index in [9.17, 15) is 9.59 Å². The molecule has 3 aromatic carbocycles. The largest absolute Gasteiger partial charge is 0.493 e. The number of hydrogen-bond donors (Lipinski definition) is 0. The molecule has 3 aromatic rings. The molecule has 0 spiro atoms. The molecular formula is C34H42O5S. The number of benzene rings is 3. The standard InChI is InChI=1S/C34H40O5S.H2/c1-4-11-25-21-27(34-33(36)24(6-3)23-32(35)40-34)15-17-30(25)37-19-10-20-38-31-18-16-29(22-26(31)12-5-2)39-28-13-8-7-9-14-28;/h7-9,13-18,21-22,24,34H,4-6,10-12,19-20,23H2,1-3H3;1H. The van der Waals surface area contributed by atoms with Gasteiger partial charge in [-0.2, -0.15) is 0 Å². The first-order valence-electron chi connectivity index (χ1n) is 14.5. The first-order chi connectivity index (χ1) is 19.5. The highest BCUT2D eigenvalue weighted by Gasteiger charge is 2.36. The molecule has 0 saturated carbocycles. The van der Waals surface area contributed by atoms with Gasteiger partial charge >= 0.3 is 0 Å². The average molecular weight is 563 g/mol. The number of ketones is 1. The average Bonchev–Trinajstić information content (AvgIpc) is 2.96. The molecule has 0 bridgehead atoms. The highest BCUT2D eigenvalue weighted by atomic mass is 32.2. The number of para-hydroxylation sites is 1. The summed E-state index contributed by atoms with van der Waals surface area (Å²) in [4.78, 5) is 25.2. The van der Waals surface area contributed by atoms with Gasteiger partial charge in [-0.05, 0) is 72.4 Å². The van der Waals surface area contributed by atoms with Crippen molar-refractivity contribution in [2.75, 3.05) is 13.2 Å². The van der Waals surface area contributed by atoms with E-state index in [0.717, 1.165) is 71.8 Å². The maximum atomic E-state index is 13.0. The number of aryl methyl sites for hydroxylation is 2. The Labute approximate surface area is 244 Å². The summed E-state index contributed by atoms with van der Waals surface area (Å²) in [6, 6.07) is 21.7. The Balaban J connectivity index is 0.00000462. The number of Topliss-reactive ketones (excluding diaryl/α,β-unsaturated/α-hetero) is 1. The second-order valence-electron chi connectivity index (χ2n) is 10.2. The van der Waals surface area contributed by atoms with E-state index >= 15 is 0 Å². The minimum absolute atomic E-state index is 0. The van der Waals surface area contributed by atoms with Crippen molar-refractivity contribution < 1.29 is 25.2 Å². The van der Waals surface area contributed by atoms with E-state index in [-0.39, 0.29) is 18.2 Å². The predicted molar refractivity (Wildman–Crippen MR) is 164 cm³/mol. The molecule has 2 atom stereocenters. The number of hydrogen-bond acceptors (Lipinski definition) is 6. The van der Waals surface area contributed by atoms with E-state index in [2.05, 4.69) is 26.0 Å². The zero-order valence-electron chi connectivity index (χ0n) is 23.8. The van der Waals surface area contributed by atoms with Crippen LogP contribution < -0.4 is 14.2 Å². The van der Waals surface area contributed by atoms with Gasteiger partial charge < -0.3 is 14.2 Å². The third kappa shape index (κ3) is 7.91. The molecule has 214 valence electrons. The summed E-state index contributed by atoms with van der Waals surface area (Å²) in [6.07, 6.45) is 5.55. The Kier molecular flexibility index (Phi) is 11.1. The molecule has 1 saturated heterocycles. The summed E-state index contributed by atoms with van der Waals surface area (Å²) in [5.74, 6) is 3.34. The second-order valence-corrected chi connectivity index (χ2v) is 11.3. The van der Waals surface area contributed by atoms with Crippen molar-refractivity contribution >= 4 is 22.7 Å². The quantitative estimate of drug-likeness (QED) is 0.183. The molecule has 4 rings (SSSR count). The zero-order chi connectivity index (χ0) is 28.3. The molecule has 1 aliphatic rings. The minimum Gasteiger partial charge on any atom is -0.493 e. The van der Waals surface area contributed by atoms with Crippen LogP contribution in [-0.4, -0.2) is 24.1 Å². The summed E-state index contributed by atoms with van der Waals surface area (Å²) in [5.41, 5.74) is 3.12. The summed E-state index contributed by atoms with van der Waals surface area (Å²) < 4.78 is 18.3. The lowest BCUT2D eigenvalue weighted by atomic mass is 9.91. The van der Waals surface area contributed by atoms with Crippen LogP contribution in [0.15, 0.2) is 66.7 Å². The van der Waals surface area contributed by atoms with Crippen molar-refractivity contribution in [2.45, 2.75) is 71.0 Å². The number of rotatable bonds is 14. The molecule has 1 fully saturated rings. The number of thioether (sulfide) groups is 1. The van der Waals surface area contributed by atoms with E-state index in [0.29, 0.717) is 26.1 Å². The van der Waals surface area contributed by atoms with Crippen molar-refractivity contribution in [1.82, 2.24) is 0 Å². The second kappa shape index (κ2) is 14.9. The van der Waals surface area contributed by atoms with Gasteiger partial charge in [-0.1, -0.05) is 75.7 Å². The minimum atomic E-state index is -0.411. The van der Waals surface area contributed by atoms with Crippen molar-refractivity contribution in [3.05, 3.63) is 83.4 Å². The van der Waals surface area contributed by atoms with Crippen LogP contribution >= 0.6 is 11.8 Å². The Morgan fingerprint density at radius 1 is 0.800 bits per heavy atom. The number of carbonyl (C=O) groups excluding carboxylic acids is 2. The van der Waals surface area contributed by atoms with Crippen LogP contribution in [0.1, 0.15) is 76.2 Å². The molecular weight excluding hydrogens is 520 g/mol. The smallest absolute Gasteiger partial charge is 0.190 e. The summed E-state index contributed by atoms with van der Waals surface area (Å²) in [6.45, 7) is 7.34. The van der Waals surface area contributed by atoms with Gasteiger partial charge in [-0.3, -0.25) is 9.59 Å². The van der Waals surface area contributed by atoms with Crippen molar-refractivity contribution in [3.8, 4) is 23.0 Å². The molecule has 0 aromatic heterocycles. The zero-order valence-corrected chi connectivity index (χ0v) is 24.6. The Morgan fingerprint density at radius 2 is 1.45 bits per heavy atom. The Bertz CT molecular complexity index is 1280. The van der Waals surface area contributed by atoms with Crippen LogP contribution in [0.25, 0.3) is 0 Å². The Morgan fingerprint density at radius 3 is 2.10 bits per heavy atom. The van der Waals surface area contributed by atoms with Crippen molar-refractivity contribution in [2.24, 2.45) is 5.92 Å². The molecule has 0 amide bonds. The van der Waals surface area contributed by atoms with Crippen LogP contribution in [0.4, 0.5) is 0 Å². The van der Waals surface area contributed by atoms with Crippen LogP contribution in [0.2, 0.25) is 0 Å².